The zero-order valence-electron chi connectivity index (χ0n) is 14.4. The highest BCUT2D eigenvalue weighted by molar-refractivity contribution is 6.16. The number of phenols is 2. The second-order valence-corrected chi connectivity index (χ2v) is 6.43. The number of nitrogens with zero attached hydrogens (tertiary/aromatic N) is 1. The number of para-hydroxylation sites is 1. The molecule has 0 amide bonds. The van der Waals surface area contributed by atoms with Gasteiger partial charge in [-0.3, -0.25) is 4.79 Å². The van der Waals surface area contributed by atoms with Crippen molar-refractivity contribution < 1.29 is 19.7 Å². The maximum absolute atomic E-state index is 12.6. The largest absolute Gasteiger partial charge is 0.508 e. The molecule has 2 N–H and O–H groups in total. The second kappa shape index (κ2) is 6.26. The molecule has 0 bridgehead atoms. The molecule has 5 nitrogen and oxygen atoms in total. The summed E-state index contributed by atoms with van der Waals surface area (Å²) in [6.07, 6.45) is 5.89. The van der Waals surface area contributed by atoms with Crippen molar-refractivity contribution in [2.24, 2.45) is 0 Å². The average molecular weight is 349 g/mol. The van der Waals surface area contributed by atoms with Gasteiger partial charge in [0.05, 0.1) is 0 Å². The third-order valence-electron chi connectivity index (χ3n) is 4.60. The van der Waals surface area contributed by atoms with E-state index in [1.54, 1.807) is 6.08 Å². The van der Waals surface area contributed by atoms with Gasteiger partial charge in [-0.15, -0.1) is 0 Å². The highest BCUT2D eigenvalue weighted by atomic mass is 16.5. The zero-order chi connectivity index (χ0) is 18.3. The van der Waals surface area contributed by atoms with E-state index in [0.717, 1.165) is 41.9 Å². The Bertz CT molecular complexity index is 1050. The molecule has 1 aliphatic rings. The van der Waals surface area contributed by atoms with E-state index >= 15 is 0 Å². The molecule has 4 rings (SSSR count). The average Bonchev–Trinajstić information content (AvgIpc) is 3.12. The van der Waals surface area contributed by atoms with Crippen molar-refractivity contribution in [1.82, 2.24) is 4.57 Å². The number of benzene rings is 2. The Morgan fingerprint density at radius 1 is 1.19 bits per heavy atom. The van der Waals surface area contributed by atoms with E-state index in [2.05, 4.69) is 17.6 Å². The number of phenolic OH excluding ortho intramolecular Hbond substituents is 2. The van der Waals surface area contributed by atoms with Gasteiger partial charge in [-0.05, 0) is 18.6 Å². The number of aromatic nitrogens is 1. The molecule has 0 aliphatic carbocycles. The standard InChI is InChI=1S/C21H19NO4/c1-2-3-8-22-12-13(15-6-4-5-7-16(15)22)9-19-21(25)20-17(24)10-14(23)11-18(20)26-19/h4-7,9-12,23-24H,2-3,8H2,1H3/b19-9-. The van der Waals surface area contributed by atoms with Gasteiger partial charge < -0.3 is 19.5 Å². The number of rotatable bonds is 4. The van der Waals surface area contributed by atoms with Gasteiger partial charge in [0.1, 0.15) is 22.8 Å². The molecule has 132 valence electrons. The number of unbranched alkanes of at least 4 members (excludes halogenated alkanes) is 1. The van der Waals surface area contributed by atoms with Crippen LogP contribution in [0.1, 0.15) is 35.7 Å². The van der Waals surface area contributed by atoms with Crippen molar-refractivity contribution in [1.29, 1.82) is 0 Å². The fourth-order valence-electron chi connectivity index (χ4n) is 3.32. The summed E-state index contributed by atoms with van der Waals surface area (Å²) < 4.78 is 7.79. The van der Waals surface area contributed by atoms with E-state index in [9.17, 15) is 15.0 Å². The number of hydrogen-bond donors (Lipinski definition) is 2. The van der Waals surface area contributed by atoms with Gasteiger partial charge in [-0.2, -0.15) is 0 Å². The Labute approximate surface area is 150 Å². The lowest BCUT2D eigenvalue weighted by molar-refractivity contribution is 0.101. The van der Waals surface area contributed by atoms with E-state index in [4.69, 9.17) is 4.74 Å². The van der Waals surface area contributed by atoms with Crippen LogP contribution in [-0.2, 0) is 6.54 Å². The van der Waals surface area contributed by atoms with Gasteiger partial charge in [0.15, 0.2) is 5.76 Å². The maximum atomic E-state index is 12.6. The van der Waals surface area contributed by atoms with E-state index in [1.807, 2.05) is 24.4 Å². The van der Waals surface area contributed by atoms with Crippen molar-refractivity contribution in [2.45, 2.75) is 26.3 Å². The number of fused-ring (bicyclic) bond motifs is 2. The molecular weight excluding hydrogens is 330 g/mol. The highest BCUT2D eigenvalue weighted by Crippen LogP contribution is 2.41. The van der Waals surface area contributed by atoms with Gasteiger partial charge in [0.25, 0.3) is 0 Å². The van der Waals surface area contributed by atoms with Gasteiger partial charge in [0, 0.05) is 41.3 Å². The molecule has 26 heavy (non-hydrogen) atoms. The smallest absolute Gasteiger partial charge is 0.235 e. The van der Waals surface area contributed by atoms with E-state index in [1.165, 1.54) is 6.07 Å². The molecular formula is C21H19NO4. The van der Waals surface area contributed by atoms with Gasteiger partial charge in [0.2, 0.25) is 5.78 Å². The fourth-order valence-corrected chi connectivity index (χ4v) is 3.32. The van der Waals surface area contributed by atoms with Crippen LogP contribution in [0.4, 0.5) is 0 Å². The third kappa shape index (κ3) is 2.62. The number of ketones is 1. The molecule has 0 fully saturated rings. The minimum Gasteiger partial charge on any atom is -0.508 e. The summed E-state index contributed by atoms with van der Waals surface area (Å²) in [7, 11) is 0. The van der Waals surface area contributed by atoms with Crippen LogP contribution in [0.3, 0.4) is 0 Å². The molecule has 2 heterocycles. The maximum Gasteiger partial charge on any atom is 0.235 e. The zero-order valence-corrected chi connectivity index (χ0v) is 14.4. The molecule has 5 heteroatoms. The lowest BCUT2D eigenvalue weighted by Crippen LogP contribution is -1.98. The summed E-state index contributed by atoms with van der Waals surface area (Å²) >= 11 is 0. The first-order chi connectivity index (χ1) is 12.6. The van der Waals surface area contributed by atoms with Crippen LogP contribution in [0.15, 0.2) is 48.4 Å². The number of allylic oxidation sites excluding steroid dienone is 1. The monoisotopic (exact) mass is 349 g/mol. The fraction of sp³-hybridized carbons (Fsp3) is 0.190. The number of ether oxygens (including phenoxy) is 1. The summed E-state index contributed by atoms with van der Waals surface area (Å²) in [5.74, 6) is -0.499. The van der Waals surface area contributed by atoms with Crippen LogP contribution >= 0.6 is 0 Å². The van der Waals surface area contributed by atoms with Crippen LogP contribution in [0.5, 0.6) is 17.2 Å². The molecule has 0 radical (unpaired) electrons. The summed E-state index contributed by atoms with van der Waals surface area (Å²) in [6.45, 7) is 3.06. The number of Topliss-reactive ketones (excluding diaryl/α,β-unsaturated/α-hetero) is 1. The second-order valence-electron chi connectivity index (χ2n) is 6.43. The normalized spacial score (nSPS) is 14.8. The molecule has 2 aromatic carbocycles. The molecule has 0 saturated carbocycles. The molecule has 0 unspecified atom stereocenters. The van der Waals surface area contributed by atoms with E-state index in [0.29, 0.717) is 0 Å². The van der Waals surface area contributed by atoms with Gasteiger partial charge in [-0.1, -0.05) is 31.5 Å². The number of carbonyl (C=O) groups is 1. The molecule has 1 aliphatic heterocycles. The van der Waals surface area contributed by atoms with Crippen LogP contribution in [0.2, 0.25) is 0 Å². The lowest BCUT2D eigenvalue weighted by Gasteiger charge is -2.02. The molecule has 0 atom stereocenters. The molecule has 3 aromatic rings. The Hall–Kier alpha value is -3.21. The number of aryl methyl sites for hydroxylation is 1. The molecule has 0 spiro atoms. The lowest BCUT2D eigenvalue weighted by atomic mass is 10.1. The number of carbonyl (C=O) groups excluding carboxylic acids is 1. The van der Waals surface area contributed by atoms with Crippen LogP contribution < -0.4 is 4.74 Å². The topological polar surface area (TPSA) is 71.7 Å². The number of aromatic hydroxyl groups is 2. The van der Waals surface area contributed by atoms with Crippen molar-refractivity contribution in [3.8, 4) is 17.2 Å². The Morgan fingerprint density at radius 2 is 2.00 bits per heavy atom. The van der Waals surface area contributed by atoms with Crippen molar-refractivity contribution in [3.05, 3.63) is 59.5 Å². The minimum atomic E-state index is -0.386. The Kier molecular flexibility index (Phi) is 3.92. The quantitative estimate of drug-likeness (QED) is 0.682. The van der Waals surface area contributed by atoms with E-state index < -0.39 is 0 Å². The first-order valence-corrected chi connectivity index (χ1v) is 8.66. The molecule has 1 aromatic heterocycles. The predicted octanol–water partition coefficient (Wildman–Crippen LogP) is 4.47. The van der Waals surface area contributed by atoms with Crippen molar-refractivity contribution >= 4 is 22.8 Å². The summed E-state index contributed by atoms with van der Waals surface area (Å²) in [5, 5.41) is 20.6. The van der Waals surface area contributed by atoms with Crippen LogP contribution in [0, 0.1) is 0 Å². The Morgan fingerprint density at radius 3 is 2.81 bits per heavy atom. The number of hydrogen-bond acceptors (Lipinski definition) is 4. The predicted molar refractivity (Wildman–Crippen MR) is 99.6 cm³/mol. The summed E-state index contributed by atoms with van der Waals surface area (Å²) in [4.78, 5) is 12.6. The summed E-state index contributed by atoms with van der Waals surface area (Å²) in [6, 6.07) is 10.5. The minimum absolute atomic E-state index is 0.0868. The first kappa shape index (κ1) is 16.3. The molecule has 0 saturated heterocycles. The van der Waals surface area contributed by atoms with Gasteiger partial charge in [-0.25, -0.2) is 0 Å². The van der Waals surface area contributed by atoms with Crippen molar-refractivity contribution in [2.75, 3.05) is 0 Å². The third-order valence-corrected chi connectivity index (χ3v) is 4.60. The van der Waals surface area contributed by atoms with Crippen LogP contribution in [-0.4, -0.2) is 20.6 Å². The van der Waals surface area contributed by atoms with Crippen LogP contribution in [0.25, 0.3) is 17.0 Å². The first-order valence-electron chi connectivity index (χ1n) is 8.66. The van der Waals surface area contributed by atoms with E-state index in [-0.39, 0.29) is 34.4 Å². The van der Waals surface area contributed by atoms with Gasteiger partial charge >= 0.3 is 0 Å². The van der Waals surface area contributed by atoms with Crippen molar-refractivity contribution in [3.63, 3.8) is 0 Å². The Balaban J connectivity index is 1.78. The SMILES string of the molecule is CCCCn1cc(/C=C2\Oc3cc(O)cc(O)c3C2=O)c2ccccc21. The summed E-state index contributed by atoms with van der Waals surface area (Å²) in [5.41, 5.74) is 2.08. The highest BCUT2D eigenvalue weighted by Gasteiger charge is 2.31.